The van der Waals surface area contributed by atoms with Crippen molar-refractivity contribution in [3.05, 3.63) is 53.1 Å². The van der Waals surface area contributed by atoms with Gasteiger partial charge in [-0.05, 0) is 36.3 Å². The lowest BCUT2D eigenvalue weighted by molar-refractivity contribution is 0.256. The molecule has 0 bridgehead atoms. The number of nitrogens with zero attached hydrogens (tertiary/aromatic N) is 2. The van der Waals surface area contributed by atoms with Crippen LogP contribution in [-0.2, 0) is 0 Å². The Morgan fingerprint density at radius 2 is 1.92 bits per heavy atom. The van der Waals surface area contributed by atoms with Gasteiger partial charge < -0.3 is 9.47 Å². The molecule has 0 spiro atoms. The summed E-state index contributed by atoms with van der Waals surface area (Å²) in [5.41, 5.74) is 2.42. The molecule has 2 aromatic rings. The second-order valence-corrected chi connectivity index (χ2v) is 6.51. The van der Waals surface area contributed by atoms with E-state index in [1.165, 1.54) is 0 Å². The number of hydrogen-bond acceptors (Lipinski definition) is 3. The van der Waals surface area contributed by atoms with Crippen LogP contribution in [0.15, 0.2) is 47.5 Å². The number of benzene rings is 2. The van der Waals surface area contributed by atoms with Crippen LogP contribution in [0.25, 0.3) is 6.08 Å². The van der Waals surface area contributed by atoms with Crippen LogP contribution in [0.2, 0.25) is 5.02 Å². The van der Waals surface area contributed by atoms with Crippen LogP contribution in [0.5, 0.6) is 11.5 Å². The van der Waals surface area contributed by atoms with Gasteiger partial charge in [0.2, 0.25) is 0 Å². The summed E-state index contributed by atoms with van der Waals surface area (Å²) >= 11 is 6.16. The van der Waals surface area contributed by atoms with Crippen molar-refractivity contribution in [3.8, 4) is 11.5 Å². The summed E-state index contributed by atoms with van der Waals surface area (Å²) in [4.78, 5) is 4.47. The number of halogens is 1. The lowest BCUT2D eigenvalue weighted by Crippen LogP contribution is -2.07. The third kappa shape index (κ3) is 3.97. The zero-order chi connectivity index (χ0) is 17.8. The number of methoxy groups -OCH3 is 1. The van der Waals surface area contributed by atoms with Gasteiger partial charge in [-0.15, -0.1) is 0 Å². The summed E-state index contributed by atoms with van der Waals surface area (Å²) in [6, 6.07) is 11.4. The predicted molar refractivity (Wildman–Crippen MR) is 103 cm³/mol. The van der Waals surface area contributed by atoms with Gasteiger partial charge in [0.05, 0.1) is 24.4 Å². The molecule has 0 amide bonds. The van der Waals surface area contributed by atoms with Gasteiger partial charge in [0, 0.05) is 5.56 Å². The highest BCUT2D eigenvalue weighted by molar-refractivity contribution is 6.34. The molecule has 0 aromatic heterocycles. The van der Waals surface area contributed by atoms with E-state index >= 15 is 0 Å². The van der Waals surface area contributed by atoms with Crippen LogP contribution < -0.4 is 14.8 Å². The number of fused-ring (bicyclic) bond motifs is 1. The molecule has 1 heterocycles. The Morgan fingerprint density at radius 1 is 1.12 bits per heavy atom. The van der Waals surface area contributed by atoms with E-state index < -0.39 is 0 Å². The normalized spacial score (nSPS) is 12.9. The number of ether oxygens (including phenoxy) is 2. The maximum absolute atomic E-state index is 6.16. The molecule has 2 aromatic carbocycles. The summed E-state index contributed by atoms with van der Waals surface area (Å²) < 4.78 is 11.4. The average molecular weight is 356 g/mol. The minimum atomic E-state index is 0.424. The van der Waals surface area contributed by atoms with Crippen LogP contribution in [-0.4, -0.2) is 19.6 Å². The van der Waals surface area contributed by atoms with Gasteiger partial charge in [-0.2, -0.15) is 0 Å². The van der Waals surface area contributed by atoms with Gasteiger partial charge >= 0.3 is 0 Å². The van der Waals surface area contributed by atoms with Gasteiger partial charge in [-0.25, -0.2) is 10.3 Å². The molecule has 0 fully saturated rings. The minimum absolute atomic E-state index is 0.424. The quantitative estimate of drug-likeness (QED) is 0.698. The molecule has 25 heavy (non-hydrogen) atoms. The first kappa shape index (κ1) is 17.4. The Labute approximate surface area is 153 Å². The van der Waals surface area contributed by atoms with Crippen LogP contribution in [0.1, 0.15) is 19.4 Å². The van der Waals surface area contributed by atoms with E-state index in [0.29, 0.717) is 34.8 Å². The summed E-state index contributed by atoms with van der Waals surface area (Å²) in [5, 5.41) is 5.08. The molecule has 3 rings (SSSR count). The Morgan fingerprint density at radius 3 is 2.64 bits per heavy atom. The van der Waals surface area contributed by atoms with Gasteiger partial charge in [0.1, 0.15) is 5.69 Å². The lowest BCUT2D eigenvalue weighted by Gasteiger charge is -2.14. The van der Waals surface area contributed by atoms with Crippen molar-refractivity contribution in [2.45, 2.75) is 13.8 Å². The minimum Gasteiger partial charge on any atom is -0.493 e. The van der Waals surface area contributed by atoms with E-state index in [1.54, 1.807) is 7.11 Å². The maximum atomic E-state index is 6.16. The van der Waals surface area contributed by atoms with Crippen molar-refractivity contribution in [1.29, 1.82) is 0 Å². The third-order valence-corrected chi connectivity index (χ3v) is 3.93. The highest BCUT2D eigenvalue weighted by Crippen LogP contribution is 2.37. The second kappa shape index (κ2) is 7.62. The van der Waals surface area contributed by atoms with Gasteiger partial charge in [-0.1, -0.05) is 43.6 Å². The van der Waals surface area contributed by atoms with Crippen molar-refractivity contribution in [2.75, 3.05) is 13.7 Å². The number of rotatable bonds is 6. The largest absolute Gasteiger partial charge is 0.493 e. The van der Waals surface area contributed by atoms with Crippen molar-refractivity contribution in [3.63, 3.8) is 0 Å². The van der Waals surface area contributed by atoms with Crippen molar-refractivity contribution in [1.82, 2.24) is 5.32 Å². The van der Waals surface area contributed by atoms with Crippen molar-refractivity contribution >= 4 is 34.9 Å². The Balaban J connectivity index is 1.85. The molecule has 1 radical (unpaired) electrons. The molecule has 0 unspecified atom stereocenters. The number of aliphatic imine (C=N–C) groups is 1. The van der Waals surface area contributed by atoms with Crippen LogP contribution in [0.4, 0.5) is 11.4 Å². The summed E-state index contributed by atoms with van der Waals surface area (Å²) in [7, 11) is 1.64. The first-order chi connectivity index (χ1) is 12.1. The average Bonchev–Trinajstić information content (AvgIpc) is 3.02. The first-order valence-electron chi connectivity index (χ1n) is 8.15. The van der Waals surface area contributed by atoms with Crippen molar-refractivity contribution < 1.29 is 9.47 Å². The van der Waals surface area contributed by atoms with Crippen LogP contribution >= 0.6 is 11.6 Å². The monoisotopic (exact) mass is 355 g/mol. The fourth-order valence-corrected chi connectivity index (χ4v) is 2.65. The Hall–Kier alpha value is -2.46. The number of para-hydroxylation sites is 2. The van der Waals surface area contributed by atoms with E-state index in [2.05, 4.69) is 24.2 Å². The number of hydrogen-bond donors (Lipinski definition) is 0. The fourth-order valence-electron chi connectivity index (χ4n) is 2.44. The number of amidine groups is 1. The van der Waals surface area contributed by atoms with Gasteiger partial charge in [0.15, 0.2) is 17.3 Å². The van der Waals surface area contributed by atoms with Crippen LogP contribution in [0.3, 0.4) is 0 Å². The summed E-state index contributed by atoms with van der Waals surface area (Å²) in [6.07, 6.45) is 3.79. The maximum Gasteiger partial charge on any atom is 0.168 e. The molecule has 0 aliphatic carbocycles. The van der Waals surface area contributed by atoms with Gasteiger partial charge in [-0.3, -0.25) is 0 Å². The first-order valence-corrected chi connectivity index (χ1v) is 8.53. The molecule has 1 aliphatic heterocycles. The van der Waals surface area contributed by atoms with E-state index in [1.807, 2.05) is 48.6 Å². The standard InChI is InChI=1S/C20H20ClN2O2/c1-13(2)12-25-20-14(6-4-9-17(20)24-3)10-11-18-22-16-8-5-7-15(21)19(16)23-18/h4-11,13H,12H2,1-3H3/b11-10+. The highest BCUT2D eigenvalue weighted by Gasteiger charge is 2.16. The summed E-state index contributed by atoms with van der Waals surface area (Å²) in [6.45, 7) is 4.84. The molecule has 0 saturated carbocycles. The molecule has 5 heteroatoms. The smallest absolute Gasteiger partial charge is 0.168 e. The SMILES string of the molecule is COc1cccc(/C=C/C2=Nc3c(Cl)cccc3[N]2)c1OCC(C)C. The molecule has 0 saturated heterocycles. The fraction of sp³-hybridized carbons (Fsp3) is 0.250. The zero-order valence-electron chi connectivity index (χ0n) is 14.5. The van der Waals surface area contributed by atoms with E-state index in [9.17, 15) is 0 Å². The molecular weight excluding hydrogens is 336 g/mol. The molecule has 4 nitrogen and oxygen atoms in total. The van der Waals surface area contributed by atoms with E-state index in [4.69, 9.17) is 21.1 Å². The van der Waals surface area contributed by atoms with E-state index in [0.717, 1.165) is 17.0 Å². The molecule has 0 atom stereocenters. The van der Waals surface area contributed by atoms with Crippen molar-refractivity contribution in [2.24, 2.45) is 10.9 Å². The topological polar surface area (TPSA) is 44.9 Å². The Bertz CT molecular complexity index is 828. The molecule has 129 valence electrons. The Kier molecular flexibility index (Phi) is 5.29. The highest BCUT2D eigenvalue weighted by atomic mass is 35.5. The van der Waals surface area contributed by atoms with Crippen LogP contribution in [0, 0.1) is 5.92 Å². The zero-order valence-corrected chi connectivity index (χ0v) is 15.2. The predicted octanol–water partition coefficient (Wildman–Crippen LogP) is 5.38. The molecule has 1 aliphatic rings. The van der Waals surface area contributed by atoms with Gasteiger partial charge in [0.25, 0.3) is 0 Å². The summed E-state index contributed by atoms with van der Waals surface area (Å²) in [5.74, 6) is 2.47. The second-order valence-electron chi connectivity index (χ2n) is 6.11. The third-order valence-electron chi connectivity index (χ3n) is 3.63. The lowest BCUT2D eigenvalue weighted by atomic mass is 10.1. The molecular formula is C20H20ClN2O2. The molecule has 0 N–H and O–H groups in total. The van der Waals surface area contributed by atoms with E-state index in [-0.39, 0.29) is 0 Å².